The molecule has 1 saturated heterocycles. The summed E-state index contributed by atoms with van der Waals surface area (Å²) in [4.78, 5) is 35.9. The van der Waals surface area contributed by atoms with Gasteiger partial charge in [-0.15, -0.1) is 0 Å². The zero-order chi connectivity index (χ0) is 33.9. The second-order valence-corrected chi connectivity index (χ2v) is 12.5. The molecule has 0 bridgehead atoms. The van der Waals surface area contributed by atoms with E-state index in [4.69, 9.17) is 10.3 Å². The molecule has 3 aromatic carbocycles. The minimum atomic E-state index is -0.180. The minimum absolute atomic E-state index is 0.0112. The molecule has 2 aliphatic rings. The highest BCUT2D eigenvalue weighted by Crippen LogP contribution is 2.49. The number of carbonyl (C=O) groups excluding carboxylic acids is 2. The van der Waals surface area contributed by atoms with E-state index in [1.165, 1.54) is 0 Å². The second-order valence-electron chi connectivity index (χ2n) is 12.5. The van der Waals surface area contributed by atoms with Gasteiger partial charge in [0.1, 0.15) is 11.5 Å². The van der Waals surface area contributed by atoms with E-state index in [-0.39, 0.29) is 17.7 Å². The molecule has 0 radical (unpaired) electrons. The van der Waals surface area contributed by atoms with Gasteiger partial charge < -0.3 is 24.8 Å². The first kappa shape index (κ1) is 34.6. The number of fused-ring (bicyclic) bond motifs is 2. The van der Waals surface area contributed by atoms with E-state index in [0.29, 0.717) is 44.7 Å². The molecule has 3 aromatic rings. The van der Waals surface area contributed by atoms with Crippen molar-refractivity contribution in [1.82, 2.24) is 9.80 Å². The molecule has 1 atom stereocenters. The van der Waals surface area contributed by atoms with Crippen molar-refractivity contribution in [2.75, 3.05) is 62.6 Å². The van der Waals surface area contributed by atoms with Gasteiger partial charge in [0.25, 0.3) is 5.91 Å². The van der Waals surface area contributed by atoms with E-state index in [9.17, 15) is 9.59 Å². The number of nitrogens with zero attached hydrogens (tertiary/aromatic N) is 6. The van der Waals surface area contributed by atoms with Gasteiger partial charge >= 0.3 is 0 Å². The number of piperazine rings is 1. The molecule has 2 heterocycles. The fourth-order valence-electron chi connectivity index (χ4n) is 6.75. The zero-order valence-corrected chi connectivity index (χ0v) is 28.7. The van der Waals surface area contributed by atoms with Crippen molar-refractivity contribution in [2.24, 2.45) is 5.11 Å². The van der Waals surface area contributed by atoms with Crippen LogP contribution in [0.5, 0.6) is 11.5 Å². The first-order chi connectivity index (χ1) is 23.5. The Morgan fingerprint density at radius 2 is 1.58 bits per heavy atom. The summed E-state index contributed by atoms with van der Waals surface area (Å²) in [6, 6.07) is 20.7. The quantitative estimate of drug-likeness (QED) is 0.0603. The Balaban J connectivity index is 1.38. The van der Waals surface area contributed by atoms with Gasteiger partial charge in [-0.3, -0.25) is 9.59 Å². The predicted octanol–water partition coefficient (Wildman–Crippen LogP) is 8.19. The van der Waals surface area contributed by atoms with Crippen LogP contribution in [0.4, 0.5) is 11.4 Å². The van der Waals surface area contributed by atoms with Crippen LogP contribution in [0.15, 0.2) is 65.8 Å². The number of hydrogen-bond donors (Lipinski definition) is 1. The highest BCUT2D eigenvalue weighted by molar-refractivity contribution is 5.96. The third kappa shape index (κ3) is 8.05. The first-order valence-corrected chi connectivity index (χ1v) is 17.6. The molecule has 5 rings (SSSR count). The molecule has 0 aromatic heterocycles. The Labute approximate surface area is 284 Å². The molecule has 0 saturated carbocycles. The van der Waals surface area contributed by atoms with Crippen LogP contribution in [0.25, 0.3) is 10.4 Å². The molecule has 1 fully saturated rings. The molecule has 0 aliphatic carbocycles. The SMILES string of the molecule is CCCCNc1ccc2c(c1)Oc1cc(N(CC)CC)ccc1C2c1ccccc1C(=O)N1CCN(C(=O)CCCCCN=[N+]=[N-])CC1. The Hall–Kier alpha value is -4.69. The van der Waals surface area contributed by atoms with Crippen LogP contribution < -0.4 is 15.0 Å². The minimum Gasteiger partial charge on any atom is -0.457 e. The summed E-state index contributed by atoms with van der Waals surface area (Å²) >= 11 is 0. The number of azide groups is 1. The summed E-state index contributed by atoms with van der Waals surface area (Å²) in [5.41, 5.74) is 14.3. The number of nitrogens with one attached hydrogen (secondary N) is 1. The molecule has 10 nitrogen and oxygen atoms in total. The molecule has 2 aliphatic heterocycles. The second kappa shape index (κ2) is 16.9. The van der Waals surface area contributed by atoms with Crippen LogP contribution in [0.1, 0.15) is 92.3 Å². The topological polar surface area (TPSA) is 114 Å². The lowest BCUT2D eigenvalue weighted by Crippen LogP contribution is -2.50. The maximum absolute atomic E-state index is 14.2. The number of anilines is 2. The van der Waals surface area contributed by atoms with Crippen molar-refractivity contribution in [2.45, 2.75) is 65.2 Å². The number of benzene rings is 3. The van der Waals surface area contributed by atoms with Crippen molar-refractivity contribution < 1.29 is 14.3 Å². The summed E-state index contributed by atoms with van der Waals surface area (Å²) in [5.74, 6) is 1.55. The summed E-state index contributed by atoms with van der Waals surface area (Å²) in [6.07, 6.45) is 5.10. The van der Waals surface area contributed by atoms with Gasteiger partial charge in [-0.1, -0.05) is 55.2 Å². The molecule has 2 amide bonds. The van der Waals surface area contributed by atoms with Gasteiger partial charge in [-0.25, -0.2) is 0 Å². The average molecular weight is 652 g/mol. The van der Waals surface area contributed by atoms with Gasteiger partial charge in [0.2, 0.25) is 5.91 Å². The van der Waals surface area contributed by atoms with Gasteiger partial charge in [-0.05, 0) is 62.4 Å². The van der Waals surface area contributed by atoms with Crippen molar-refractivity contribution in [1.29, 1.82) is 0 Å². The largest absolute Gasteiger partial charge is 0.457 e. The molecule has 1 unspecified atom stereocenters. The number of hydrogen-bond acceptors (Lipinski definition) is 6. The van der Waals surface area contributed by atoms with Crippen molar-refractivity contribution >= 4 is 23.2 Å². The maximum Gasteiger partial charge on any atom is 0.254 e. The summed E-state index contributed by atoms with van der Waals surface area (Å²) in [5, 5.41) is 7.09. The van der Waals surface area contributed by atoms with E-state index in [1.54, 1.807) is 0 Å². The number of carbonyl (C=O) groups is 2. The van der Waals surface area contributed by atoms with Crippen LogP contribution in [0, 0.1) is 0 Å². The summed E-state index contributed by atoms with van der Waals surface area (Å²) in [6.45, 7) is 11.7. The standard InChI is InChI=1S/C38H49N7O3/c1-4-7-20-40-28-16-18-32-34(26-28)48-35-27-29(43(5-2)6-3)17-19-33(35)37(32)30-13-10-11-14-31(30)38(47)45-24-22-44(23-25-45)36(46)15-9-8-12-21-41-42-39/h10-11,13-14,16-19,26-27,37,40H,4-9,12,15,20-25H2,1-3H3. The van der Waals surface area contributed by atoms with E-state index < -0.39 is 0 Å². The van der Waals surface area contributed by atoms with Crippen LogP contribution in [0.2, 0.25) is 0 Å². The highest BCUT2D eigenvalue weighted by Gasteiger charge is 2.34. The van der Waals surface area contributed by atoms with Gasteiger partial charge in [0.15, 0.2) is 0 Å². The van der Waals surface area contributed by atoms with E-state index >= 15 is 0 Å². The van der Waals surface area contributed by atoms with Crippen LogP contribution in [0.3, 0.4) is 0 Å². The lowest BCUT2D eigenvalue weighted by atomic mass is 9.80. The molecule has 10 heteroatoms. The molecular weight excluding hydrogens is 602 g/mol. The molecular formula is C38H49N7O3. The smallest absolute Gasteiger partial charge is 0.254 e. The Bertz CT molecular complexity index is 1610. The lowest BCUT2D eigenvalue weighted by molar-refractivity contribution is -0.132. The monoisotopic (exact) mass is 651 g/mol. The predicted molar refractivity (Wildman–Crippen MR) is 192 cm³/mol. The van der Waals surface area contributed by atoms with Gasteiger partial charge in [0.05, 0.1) is 0 Å². The normalized spacial score (nSPS) is 15.1. The maximum atomic E-state index is 14.2. The zero-order valence-electron chi connectivity index (χ0n) is 28.7. The highest BCUT2D eigenvalue weighted by atomic mass is 16.5. The Morgan fingerprint density at radius 3 is 2.31 bits per heavy atom. The van der Waals surface area contributed by atoms with Crippen LogP contribution in [-0.4, -0.2) is 74.0 Å². The summed E-state index contributed by atoms with van der Waals surface area (Å²) in [7, 11) is 0. The Kier molecular flexibility index (Phi) is 12.2. The lowest BCUT2D eigenvalue weighted by Gasteiger charge is -2.36. The van der Waals surface area contributed by atoms with Crippen molar-refractivity contribution in [3.63, 3.8) is 0 Å². The number of ether oxygens (including phenoxy) is 1. The van der Waals surface area contributed by atoms with E-state index in [0.717, 1.165) is 91.3 Å². The average Bonchev–Trinajstić information content (AvgIpc) is 3.12. The van der Waals surface area contributed by atoms with Crippen molar-refractivity contribution in [3.8, 4) is 11.5 Å². The number of unbranched alkanes of at least 4 members (excludes halogenated alkanes) is 3. The number of amides is 2. The molecule has 0 spiro atoms. The number of rotatable bonds is 15. The van der Waals surface area contributed by atoms with Gasteiger partial charge in [0, 0.05) is 110 Å². The van der Waals surface area contributed by atoms with E-state index in [2.05, 4.69) is 83.5 Å². The molecule has 254 valence electrons. The molecule has 1 N–H and O–H groups in total. The third-order valence-corrected chi connectivity index (χ3v) is 9.47. The fourth-order valence-corrected chi connectivity index (χ4v) is 6.75. The van der Waals surface area contributed by atoms with Gasteiger partial charge in [-0.2, -0.15) is 0 Å². The van der Waals surface area contributed by atoms with E-state index in [1.807, 2.05) is 28.0 Å². The molecule has 48 heavy (non-hydrogen) atoms. The van der Waals surface area contributed by atoms with Crippen LogP contribution in [-0.2, 0) is 4.79 Å². The van der Waals surface area contributed by atoms with Crippen molar-refractivity contribution in [3.05, 3.63) is 93.4 Å². The fraction of sp³-hybridized carbons (Fsp3) is 0.474. The summed E-state index contributed by atoms with van der Waals surface area (Å²) < 4.78 is 6.64. The van der Waals surface area contributed by atoms with Crippen LogP contribution >= 0.6 is 0 Å². The Morgan fingerprint density at radius 1 is 0.875 bits per heavy atom. The third-order valence-electron chi connectivity index (χ3n) is 9.47. The first-order valence-electron chi connectivity index (χ1n) is 17.6.